The summed E-state index contributed by atoms with van der Waals surface area (Å²) < 4.78 is 0.379. The van der Waals surface area contributed by atoms with Crippen molar-refractivity contribution in [2.24, 2.45) is 0 Å². The molecule has 0 aliphatic carbocycles. The average molecular weight is 247 g/mol. The standard InChI is InChI=1S/C8H4Cl2N2OS/c9-5-3-4(1-2-6(5)13)7-11-12-8(10)14-7/h1-3,13H. The number of aromatic nitrogens is 2. The molecule has 0 aliphatic heterocycles. The number of rotatable bonds is 1. The highest BCUT2D eigenvalue weighted by atomic mass is 35.5. The molecule has 6 heteroatoms. The highest BCUT2D eigenvalue weighted by molar-refractivity contribution is 7.18. The summed E-state index contributed by atoms with van der Waals surface area (Å²) in [5.74, 6) is 0.0472. The Morgan fingerprint density at radius 3 is 2.57 bits per heavy atom. The van der Waals surface area contributed by atoms with Crippen molar-refractivity contribution in [1.82, 2.24) is 10.2 Å². The van der Waals surface area contributed by atoms with E-state index in [9.17, 15) is 5.11 Å². The lowest BCUT2D eigenvalue weighted by atomic mass is 10.2. The molecular weight excluding hydrogens is 243 g/mol. The number of benzene rings is 1. The van der Waals surface area contributed by atoms with Gasteiger partial charge in [0.1, 0.15) is 10.8 Å². The van der Waals surface area contributed by atoms with Gasteiger partial charge >= 0.3 is 0 Å². The normalized spacial score (nSPS) is 10.4. The van der Waals surface area contributed by atoms with Gasteiger partial charge in [-0.1, -0.05) is 22.9 Å². The van der Waals surface area contributed by atoms with Gasteiger partial charge in [0.05, 0.1) is 5.02 Å². The molecule has 2 rings (SSSR count). The summed E-state index contributed by atoms with van der Waals surface area (Å²) in [5.41, 5.74) is 0.789. The SMILES string of the molecule is Oc1ccc(-c2nnc(Cl)s2)cc1Cl. The number of halogens is 2. The first-order valence-electron chi connectivity index (χ1n) is 3.65. The molecule has 0 fully saturated rings. The lowest BCUT2D eigenvalue weighted by Crippen LogP contribution is -1.77. The molecule has 0 unspecified atom stereocenters. The van der Waals surface area contributed by atoms with Gasteiger partial charge in [0.15, 0.2) is 0 Å². The van der Waals surface area contributed by atoms with Gasteiger partial charge in [0.25, 0.3) is 0 Å². The van der Waals surface area contributed by atoms with Gasteiger partial charge in [-0.2, -0.15) is 0 Å². The van der Waals surface area contributed by atoms with Gasteiger partial charge in [-0.3, -0.25) is 0 Å². The summed E-state index contributed by atoms with van der Waals surface area (Å²) in [4.78, 5) is 0. The minimum absolute atomic E-state index is 0.0472. The van der Waals surface area contributed by atoms with Crippen LogP contribution >= 0.6 is 34.5 Å². The van der Waals surface area contributed by atoms with Crippen LogP contribution in [0.25, 0.3) is 10.6 Å². The number of phenols is 1. The van der Waals surface area contributed by atoms with E-state index in [1.54, 1.807) is 12.1 Å². The lowest BCUT2D eigenvalue weighted by molar-refractivity contribution is 0.475. The number of hydrogen-bond acceptors (Lipinski definition) is 4. The van der Waals surface area contributed by atoms with Crippen LogP contribution in [0.2, 0.25) is 9.49 Å². The van der Waals surface area contributed by atoms with E-state index in [0.717, 1.165) is 5.56 Å². The Morgan fingerprint density at radius 1 is 1.21 bits per heavy atom. The van der Waals surface area contributed by atoms with Gasteiger partial charge in [-0.15, -0.1) is 10.2 Å². The molecular formula is C8H4Cl2N2OS. The molecule has 0 radical (unpaired) electrons. The largest absolute Gasteiger partial charge is 0.506 e. The lowest BCUT2D eigenvalue weighted by Gasteiger charge is -1.98. The topological polar surface area (TPSA) is 46.0 Å². The summed E-state index contributed by atoms with van der Waals surface area (Å²) >= 11 is 12.6. The van der Waals surface area contributed by atoms with Crippen LogP contribution in [-0.2, 0) is 0 Å². The second-order valence-electron chi connectivity index (χ2n) is 2.53. The Balaban J connectivity index is 2.47. The van der Waals surface area contributed by atoms with Crippen molar-refractivity contribution < 1.29 is 5.11 Å². The third-order valence-electron chi connectivity index (χ3n) is 1.59. The van der Waals surface area contributed by atoms with Crippen molar-refractivity contribution in [3.05, 3.63) is 27.7 Å². The van der Waals surface area contributed by atoms with E-state index in [0.29, 0.717) is 9.47 Å². The third kappa shape index (κ3) is 1.82. The summed E-state index contributed by atoms with van der Waals surface area (Å²) in [7, 11) is 0. The fourth-order valence-electron chi connectivity index (χ4n) is 0.962. The second kappa shape index (κ2) is 3.73. The van der Waals surface area contributed by atoms with Crippen LogP contribution in [0.15, 0.2) is 18.2 Å². The van der Waals surface area contributed by atoms with Crippen LogP contribution in [0.5, 0.6) is 5.75 Å². The van der Waals surface area contributed by atoms with Gasteiger partial charge in [0.2, 0.25) is 4.47 Å². The first kappa shape index (κ1) is 9.71. The molecule has 3 nitrogen and oxygen atoms in total. The van der Waals surface area contributed by atoms with Crippen LogP contribution in [0.1, 0.15) is 0 Å². The second-order valence-corrected chi connectivity index (χ2v) is 4.49. The Morgan fingerprint density at radius 2 is 2.00 bits per heavy atom. The predicted molar refractivity (Wildman–Crippen MR) is 57.0 cm³/mol. The highest BCUT2D eigenvalue weighted by Crippen LogP contribution is 2.31. The van der Waals surface area contributed by atoms with Crippen molar-refractivity contribution in [2.75, 3.05) is 0 Å². The zero-order chi connectivity index (χ0) is 10.1. The summed E-state index contributed by atoms with van der Waals surface area (Å²) in [6, 6.07) is 4.83. The molecule has 1 N–H and O–H groups in total. The van der Waals surface area contributed by atoms with E-state index in [-0.39, 0.29) is 10.8 Å². The van der Waals surface area contributed by atoms with Crippen LogP contribution in [0.3, 0.4) is 0 Å². The minimum Gasteiger partial charge on any atom is -0.506 e. The third-order valence-corrected chi connectivity index (χ3v) is 2.97. The quantitative estimate of drug-likeness (QED) is 0.841. The van der Waals surface area contributed by atoms with Crippen LogP contribution in [0, 0.1) is 0 Å². The smallest absolute Gasteiger partial charge is 0.207 e. The van der Waals surface area contributed by atoms with Crippen LogP contribution in [0.4, 0.5) is 0 Å². The van der Waals surface area contributed by atoms with Gasteiger partial charge in [-0.25, -0.2) is 0 Å². The Labute approximate surface area is 93.9 Å². The van der Waals surface area contributed by atoms with Gasteiger partial charge in [-0.05, 0) is 29.8 Å². The van der Waals surface area contributed by atoms with Crippen molar-refractivity contribution in [3.8, 4) is 16.3 Å². The molecule has 0 saturated carbocycles. The summed E-state index contributed by atoms with van der Waals surface area (Å²) in [6.45, 7) is 0. The average Bonchev–Trinajstić information content (AvgIpc) is 2.57. The predicted octanol–water partition coefficient (Wildman–Crippen LogP) is 3.22. The molecule has 0 spiro atoms. The van der Waals surface area contributed by atoms with Gasteiger partial charge in [0, 0.05) is 5.56 Å². The monoisotopic (exact) mass is 246 g/mol. The molecule has 0 bridgehead atoms. The number of hydrogen-bond donors (Lipinski definition) is 1. The molecule has 72 valence electrons. The molecule has 0 aliphatic rings. The maximum Gasteiger partial charge on any atom is 0.207 e. The zero-order valence-corrected chi connectivity index (χ0v) is 9.07. The first-order valence-corrected chi connectivity index (χ1v) is 5.22. The fraction of sp³-hybridized carbons (Fsp3) is 0. The van der Waals surface area contributed by atoms with Crippen molar-refractivity contribution in [1.29, 1.82) is 0 Å². The molecule has 1 aromatic carbocycles. The first-order chi connectivity index (χ1) is 6.66. The van der Waals surface area contributed by atoms with E-state index in [1.807, 2.05) is 0 Å². The van der Waals surface area contributed by atoms with E-state index >= 15 is 0 Å². The molecule has 0 atom stereocenters. The number of aromatic hydroxyl groups is 1. The van der Waals surface area contributed by atoms with E-state index in [4.69, 9.17) is 23.2 Å². The Kier molecular flexibility index (Phi) is 2.58. The van der Waals surface area contributed by atoms with Crippen LogP contribution in [-0.4, -0.2) is 15.3 Å². The zero-order valence-electron chi connectivity index (χ0n) is 6.74. The molecule has 0 saturated heterocycles. The van der Waals surface area contributed by atoms with E-state index in [1.165, 1.54) is 17.4 Å². The van der Waals surface area contributed by atoms with Crippen molar-refractivity contribution >= 4 is 34.5 Å². The number of phenolic OH excluding ortho intramolecular Hbond substituents is 1. The number of nitrogens with zero attached hydrogens (tertiary/aromatic N) is 2. The minimum atomic E-state index is 0.0472. The molecule has 0 amide bonds. The maximum atomic E-state index is 9.21. The maximum absolute atomic E-state index is 9.21. The molecule has 1 aromatic heterocycles. The van der Waals surface area contributed by atoms with Crippen molar-refractivity contribution in [3.63, 3.8) is 0 Å². The van der Waals surface area contributed by atoms with Crippen LogP contribution < -0.4 is 0 Å². The van der Waals surface area contributed by atoms with Gasteiger partial charge < -0.3 is 5.11 Å². The summed E-state index contributed by atoms with van der Waals surface area (Å²) in [6.07, 6.45) is 0. The molecule has 2 aromatic rings. The molecule has 14 heavy (non-hydrogen) atoms. The Bertz CT molecular complexity index is 472. The van der Waals surface area contributed by atoms with E-state index < -0.39 is 0 Å². The highest BCUT2D eigenvalue weighted by Gasteiger charge is 2.07. The van der Waals surface area contributed by atoms with Crippen molar-refractivity contribution in [2.45, 2.75) is 0 Å². The van der Waals surface area contributed by atoms with E-state index in [2.05, 4.69) is 10.2 Å². The fourth-order valence-corrected chi connectivity index (χ4v) is 1.97. The summed E-state index contributed by atoms with van der Waals surface area (Å²) in [5, 5.41) is 17.7. The molecule has 1 heterocycles. The Hall–Kier alpha value is -0.840.